The van der Waals surface area contributed by atoms with Crippen LogP contribution in [0.25, 0.3) is 22.3 Å². The van der Waals surface area contributed by atoms with Crippen LogP contribution in [-0.2, 0) is 0 Å². The van der Waals surface area contributed by atoms with E-state index in [1.807, 2.05) is 12.1 Å². The summed E-state index contributed by atoms with van der Waals surface area (Å²) in [5, 5.41) is 14.0. The zero-order valence-corrected chi connectivity index (χ0v) is 18.9. The van der Waals surface area contributed by atoms with Gasteiger partial charge in [-0.15, -0.1) is 0 Å². The minimum absolute atomic E-state index is 0.0620. The quantitative estimate of drug-likeness (QED) is 0.371. The molecule has 0 atom stereocenters. The summed E-state index contributed by atoms with van der Waals surface area (Å²) in [6.07, 6.45) is 6.92. The number of carboxylic acid groups (broad SMARTS) is 1. The summed E-state index contributed by atoms with van der Waals surface area (Å²) in [7, 11) is 0. The van der Waals surface area contributed by atoms with Gasteiger partial charge >= 0.3 is 5.97 Å². The smallest absolute Gasteiger partial charge is 0.335 e. The molecule has 0 amide bonds. The van der Waals surface area contributed by atoms with E-state index in [-0.39, 0.29) is 22.7 Å². The first-order chi connectivity index (χ1) is 16.5. The zero-order valence-electron chi connectivity index (χ0n) is 18.2. The topological polar surface area (TPSA) is 85.1 Å². The van der Waals surface area contributed by atoms with Crippen molar-refractivity contribution in [3.8, 4) is 11.3 Å². The zero-order chi connectivity index (χ0) is 23.8. The lowest BCUT2D eigenvalue weighted by Gasteiger charge is -2.24. The van der Waals surface area contributed by atoms with E-state index in [4.69, 9.17) is 16.7 Å². The Morgan fingerprint density at radius 1 is 1.06 bits per heavy atom. The van der Waals surface area contributed by atoms with Crippen molar-refractivity contribution in [3.63, 3.8) is 0 Å². The van der Waals surface area contributed by atoms with E-state index < -0.39 is 17.7 Å². The molecule has 1 fully saturated rings. The lowest BCUT2D eigenvalue weighted by Crippen LogP contribution is -2.18. The molecule has 1 aliphatic rings. The maximum atomic E-state index is 14.9. The predicted molar refractivity (Wildman–Crippen MR) is 127 cm³/mol. The van der Waals surface area contributed by atoms with E-state index >= 15 is 0 Å². The lowest BCUT2D eigenvalue weighted by molar-refractivity contribution is 0.0696. The maximum absolute atomic E-state index is 14.9. The van der Waals surface area contributed by atoms with Gasteiger partial charge in [-0.2, -0.15) is 9.78 Å². The molecule has 0 unspecified atom stereocenters. The highest BCUT2D eigenvalue weighted by molar-refractivity contribution is 6.34. The van der Waals surface area contributed by atoms with Crippen molar-refractivity contribution in [1.82, 2.24) is 14.8 Å². The Morgan fingerprint density at radius 3 is 2.59 bits per heavy atom. The van der Waals surface area contributed by atoms with Crippen LogP contribution in [0, 0.1) is 5.82 Å². The summed E-state index contributed by atoms with van der Waals surface area (Å²) in [6.45, 7) is 0. The number of fused-ring (bicyclic) bond motifs is 1. The van der Waals surface area contributed by atoms with Gasteiger partial charge in [0.1, 0.15) is 17.0 Å². The molecule has 1 aliphatic carbocycles. The van der Waals surface area contributed by atoms with Crippen molar-refractivity contribution in [1.29, 1.82) is 0 Å². The van der Waals surface area contributed by atoms with Gasteiger partial charge in [-0.05, 0) is 60.7 Å². The number of hydrogen-bond acceptors (Lipinski definition) is 4. The van der Waals surface area contributed by atoms with Crippen molar-refractivity contribution in [2.45, 2.75) is 38.0 Å². The number of aromatic nitrogens is 3. The Hall–Kier alpha value is -3.58. The third-order valence-corrected chi connectivity index (χ3v) is 6.72. The van der Waals surface area contributed by atoms with Crippen molar-refractivity contribution in [2.24, 2.45) is 0 Å². The van der Waals surface area contributed by atoms with Crippen molar-refractivity contribution in [3.05, 3.63) is 82.3 Å². The normalized spacial score (nSPS) is 14.4. The number of carbonyl (C=O) groups excluding carboxylic acids is 1. The average Bonchev–Trinajstić information content (AvgIpc) is 3.23. The Morgan fingerprint density at radius 2 is 1.85 bits per heavy atom. The van der Waals surface area contributed by atoms with Crippen LogP contribution < -0.4 is 0 Å². The van der Waals surface area contributed by atoms with Crippen LogP contribution in [0.5, 0.6) is 0 Å². The van der Waals surface area contributed by atoms with Gasteiger partial charge in [0.25, 0.3) is 5.91 Å². The Bertz CT molecular complexity index is 1430. The predicted octanol–water partition coefficient (Wildman–Crippen LogP) is 6.33. The van der Waals surface area contributed by atoms with Crippen LogP contribution in [0.1, 0.15) is 64.3 Å². The molecule has 34 heavy (non-hydrogen) atoms. The summed E-state index contributed by atoms with van der Waals surface area (Å²) < 4.78 is 16.1. The van der Waals surface area contributed by atoms with Gasteiger partial charge in [0.2, 0.25) is 0 Å². The van der Waals surface area contributed by atoms with Gasteiger partial charge in [0, 0.05) is 11.8 Å². The van der Waals surface area contributed by atoms with Gasteiger partial charge in [-0.1, -0.05) is 43.0 Å². The summed E-state index contributed by atoms with van der Waals surface area (Å²) >= 11 is 6.55. The number of nitrogens with zero attached hydrogens (tertiary/aromatic N) is 3. The number of pyridine rings is 1. The molecule has 0 saturated heterocycles. The van der Waals surface area contributed by atoms with Crippen molar-refractivity contribution in [2.75, 3.05) is 0 Å². The van der Waals surface area contributed by atoms with Crippen LogP contribution in [0.15, 0.2) is 54.7 Å². The fraction of sp³-hybridized carbons (Fsp3) is 0.231. The molecule has 4 aromatic rings. The fourth-order valence-electron chi connectivity index (χ4n) is 4.75. The number of hydrogen-bond donors (Lipinski definition) is 1. The monoisotopic (exact) mass is 477 g/mol. The van der Waals surface area contributed by atoms with Gasteiger partial charge in [-0.3, -0.25) is 9.78 Å². The summed E-state index contributed by atoms with van der Waals surface area (Å²) in [5.74, 6) is -2.15. The molecular formula is C26H21ClFN3O3. The molecule has 1 N–H and O–H groups in total. The molecule has 0 spiro atoms. The first kappa shape index (κ1) is 22.2. The Balaban J connectivity index is 1.66. The van der Waals surface area contributed by atoms with E-state index in [9.17, 15) is 14.0 Å². The number of benzene rings is 2. The third-order valence-electron chi connectivity index (χ3n) is 6.41. The van der Waals surface area contributed by atoms with Gasteiger partial charge < -0.3 is 5.11 Å². The second kappa shape index (κ2) is 8.99. The molecule has 1 saturated carbocycles. The number of carboxylic acids is 1. The molecule has 0 aliphatic heterocycles. The molecule has 2 heterocycles. The molecule has 8 heteroatoms. The second-order valence-corrected chi connectivity index (χ2v) is 8.88. The fourth-order valence-corrected chi connectivity index (χ4v) is 5.02. The number of carbonyl (C=O) groups is 2. The van der Waals surface area contributed by atoms with E-state index in [0.717, 1.165) is 37.3 Å². The highest BCUT2D eigenvalue weighted by atomic mass is 35.5. The summed E-state index contributed by atoms with van der Waals surface area (Å²) in [4.78, 5) is 29.4. The highest BCUT2D eigenvalue weighted by Gasteiger charge is 2.27. The third kappa shape index (κ3) is 3.86. The van der Waals surface area contributed by atoms with Gasteiger partial charge in [0.15, 0.2) is 0 Å². The standard InChI is InChI=1S/C26H21ClFN3O3/c27-19-9-4-8-17(15-6-2-1-3-7-15)22(19)25(32)31-21-10-5-13-29-24(21)23(30-31)18-12-11-16(26(33)34)14-20(18)28/h4-5,8-15H,1-3,6-7H2,(H,33,34). The molecule has 5 rings (SSSR count). The van der Waals surface area contributed by atoms with Crippen LogP contribution in [0.4, 0.5) is 4.39 Å². The number of aromatic carboxylic acids is 1. The van der Waals surface area contributed by atoms with Crippen molar-refractivity contribution >= 4 is 34.5 Å². The first-order valence-electron chi connectivity index (χ1n) is 11.2. The molecule has 0 radical (unpaired) electrons. The largest absolute Gasteiger partial charge is 0.478 e. The molecule has 2 aromatic heterocycles. The number of rotatable bonds is 4. The number of halogens is 2. The van der Waals surface area contributed by atoms with Crippen LogP contribution in [0.3, 0.4) is 0 Å². The average molecular weight is 478 g/mol. The molecule has 6 nitrogen and oxygen atoms in total. The van der Waals surface area contributed by atoms with E-state index in [2.05, 4.69) is 10.1 Å². The highest BCUT2D eigenvalue weighted by Crippen LogP contribution is 2.37. The lowest BCUT2D eigenvalue weighted by atomic mass is 9.82. The summed E-state index contributed by atoms with van der Waals surface area (Å²) in [6, 6.07) is 12.4. The second-order valence-electron chi connectivity index (χ2n) is 8.48. The molecule has 2 aromatic carbocycles. The molecule has 0 bridgehead atoms. The SMILES string of the molecule is O=C(O)c1ccc(-c2nn(C(=O)c3c(Cl)cccc3C3CCCCC3)c3cccnc23)c(F)c1. The van der Waals surface area contributed by atoms with E-state index in [1.54, 1.807) is 18.2 Å². The Labute approximate surface area is 200 Å². The van der Waals surface area contributed by atoms with Crippen LogP contribution in [-0.4, -0.2) is 31.7 Å². The summed E-state index contributed by atoms with van der Waals surface area (Å²) in [5.41, 5.74) is 2.10. The van der Waals surface area contributed by atoms with Crippen LogP contribution >= 0.6 is 11.6 Å². The van der Waals surface area contributed by atoms with Crippen LogP contribution in [0.2, 0.25) is 5.02 Å². The van der Waals surface area contributed by atoms with Gasteiger partial charge in [-0.25, -0.2) is 9.18 Å². The minimum atomic E-state index is -1.23. The minimum Gasteiger partial charge on any atom is -0.478 e. The Kier molecular flexibility index (Phi) is 5.87. The van der Waals surface area contributed by atoms with E-state index in [0.29, 0.717) is 21.6 Å². The maximum Gasteiger partial charge on any atom is 0.335 e. The van der Waals surface area contributed by atoms with Crippen molar-refractivity contribution < 1.29 is 19.1 Å². The van der Waals surface area contributed by atoms with E-state index in [1.165, 1.54) is 29.4 Å². The molecular weight excluding hydrogens is 457 g/mol. The molecule has 172 valence electrons. The van der Waals surface area contributed by atoms with Gasteiger partial charge in [0.05, 0.1) is 21.7 Å². The first-order valence-corrected chi connectivity index (χ1v) is 11.5.